The number of fused-ring (bicyclic) bond motifs is 2. The molecule has 2 aliphatic heterocycles. The zero-order valence-electron chi connectivity index (χ0n) is 18.0. The number of aryl methyl sites for hydroxylation is 2. The number of ether oxygens (including phenoxy) is 1. The number of esters is 1. The fourth-order valence-corrected chi connectivity index (χ4v) is 6.31. The van der Waals surface area contributed by atoms with Crippen LogP contribution in [0, 0.1) is 5.92 Å². The van der Waals surface area contributed by atoms with Crippen LogP contribution in [-0.4, -0.2) is 55.2 Å². The van der Waals surface area contributed by atoms with E-state index < -0.39 is 40.5 Å². The van der Waals surface area contributed by atoms with E-state index in [9.17, 15) is 22.8 Å². The molecule has 0 saturated carbocycles. The maximum Gasteiger partial charge on any atom is 0.310 e. The summed E-state index contributed by atoms with van der Waals surface area (Å²) in [6, 6.07) is 11.8. The molecule has 1 saturated heterocycles. The lowest BCUT2D eigenvalue weighted by Crippen LogP contribution is -2.41. The first-order valence-electron chi connectivity index (χ1n) is 11.1. The summed E-state index contributed by atoms with van der Waals surface area (Å²) < 4.78 is 32.8. The highest BCUT2D eigenvalue weighted by molar-refractivity contribution is 7.89. The number of piperidine rings is 1. The fourth-order valence-electron chi connectivity index (χ4n) is 4.79. The van der Waals surface area contributed by atoms with Crippen LogP contribution in [0.2, 0.25) is 0 Å². The number of carbonyl (C=O) groups is 3. The van der Waals surface area contributed by atoms with Gasteiger partial charge in [0, 0.05) is 13.1 Å². The smallest absolute Gasteiger partial charge is 0.310 e. The molecule has 0 atom stereocenters. The topological polar surface area (TPSA) is 101 Å². The number of carbonyl (C=O) groups excluding carboxylic acids is 3. The quantitative estimate of drug-likeness (QED) is 0.493. The SMILES string of the molecule is O=C(OCN1C(=O)c2ccccc2C1=O)C1CCN(S(=O)(=O)c2ccc3c(c2)CCC3)CC1. The highest BCUT2D eigenvalue weighted by Crippen LogP contribution is 2.29. The van der Waals surface area contributed by atoms with E-state index in [0.29, 0.717) is 28.9 Å². The Morgan fingerprint density at radius 2 is 1.58 bits per heavy atom. The molecule has 2 heterocycles. The van der Waals surface area contributed by atoms with Crippen LogP contribution in [-0.2, 0) is 32.4 Å². The molecule has 5 rings (SSSR count). The number of hydrogen-bond acceptors (Lipinski definition) is 6. The summed E-state index contributed by atoms with van der Waals surface area (Å²) >= 11 is 0. The van der Waals surface area contributed by atoms with E-state index in [4.69, 9.17) is 4.74 Å². The summed E-state index contributed by atoms with van der Waals surface area (Å²) in [4.78, 5) is 38.6. The summed E-state index contributed by atoms with van der Waals surface area (Å²) in [7, 11) is -3.62. The fraction of sp³-hybridized carbons (Fsp3) is 0.375. The molecule has 0 bridgehead atoms. The summed E-state index contributed by atoms with van der Waals surface area (Å²) in [6.45, 7) is -0.0166. The molecule has 2 amide bonds. The Balaban J connectivity index is 1.17. The van der Waals surface area contributed by atoms with Crippen LogP contribution in [0.25, 0.3) is 0 Å². The van der Waals surface area contributed by atoms with Crippen molar-refractivity contribution in [2.75, 3.05) is 19.8 Å². The lowest BCUT2D eigenvalue weighted by Gasteiger charge is -2.30. The van der Waals surface area contributed by atoms with Gasteiger partial charge in [-0.25, -0.2) is 13.3 Å². The van der Waals surface area contributed by atoms with Crippen molar-refractivity contribution < 1.29 is 27.5 Å². The Morgan fingerprint density at radius 1 is 0.939 bits per heavy atom. The first-order chi connectivity index (χ1) is 15.9. The van der Waals surface area contributed by atoms with Crippen LogP contribution in [0.3, 0.4) is 0 Å². The largest absolute Gasteiger partial charge is 0.443 e. The highest BCUT2D eigenvalue weighted by atomic mass is 32.2. The van der Waals surface area contributed by atoms with E-state index >= 15 is 0 Å². The van der Waals surface area contributed by atoms with Gasteiger partial charge in [-0.2, -0.15) is 4.31 Å². The minimum absolute atomic E-state index is 0.214. The van der Waals surface area contributed by atoms with E-state index in [1.54, 1.807) is 36.4 Å². The Bertz CT molecular complexity index is 1210. The maximum absolute atomic E-state index is 13.1. The molecule has 2 aromatic carbocycles. The molecule has 0 radical (unpaired) electrons. The van der Waals surface area contributed by atoms with Crippen molar-refractivity contribution in [2.45, 2.75) is 37.0 Å². The number of amides is 2. The lowest BCUT2D eigenvalue weighted by molar-refractivity contribution is -0.152. The molecule has 172 valence electrons. The van der Waals surface area contributed by atoms with Gasteiger partial charge in [-0.15, -0.1) is 0 Å². The summed E-state index contributed by atoms with van der Waals surface area (Å²) in [5.74, 6) is -1.98. The van der Waals surface area contributed by atoms with E-state index in [0.717, 1.165) is 29.7 Å². The van der Waals surface area contributed by atoms with E-state index in [-0.39, 0.29) is 13.1 Å². The third-order valence-corrected chi connectivity index (χ3v) is 8.60. The number of hydrogen-bond donors (Lipinski definition) is 0. The first-order valence-corrected chi connectivity index (χ1v) is 12.5. The monoisotopic (exact) mass is 468 g/mol. The maximum atomic E-state index is 13.1. The van der Waals surface area contributed by atoms with Crippen molar-refractivity contribution in [3.05, 3.63) is 64.7 Å². The number of rotatable bonds is 5. The van der Waals surface area contributed by atoms with E-state index in [1.807, 2.05) is 6.07 Å². The van der Waals surface area contributed by atoms with Gasteiger partial charge in [-0.3, -0.25) is 14.4 Å². The molecule has 9 heteroatoms. The van der Waals surface area contributed by atoms with Gasteiger partial charge in [-0.05, 0) is 67.5 Å². The lowest BCUT2D eigenvalue weighted by atomic mass is 9.98. The normalized spacial score (nSPS) is 19.0. The highest BCUT2D eigenvalue weighted by Gasteiger charge is 2.37. The van der Waals surface area contributed by atoms with Crippen molar-refractivity contribution in [3.63, 3.8) is 0 Å². The van der Waals surface area contributed by atoms with Gasteiger partial charge in [0.25, 0.3) is 11.8 Å². The van der Waals surface area contributed by atoms with Crippen LogP contribution < -0.4 is 0 Å². The average molecular weight is 469 g/mol. The zero-order valence-corrected chi connectivity index (χ0v) is 18.8. The molecule has 0 unspecified atom stereocenters. The van der Waals surface area contributed by atoms with Crippen LogP contribution in [0.4, 0.5) is 0 Å². The average Bonchev–Trinajstić information content (AvgIpc) is 3.40. The minimum Gasteiger partial charge on any atom is -0.443 e. The Labute approximate surface area is 192 Å². The van der Waals surface area contributed by atoms with Crippen molar-refractivity contribution >= 4 is 27.8 Å². The Hall–Kier alpha value is -3.04. The first kappa shape index (κ1) is 21.8. The number of nitrogens with zero attached hydrogens (tertiary/aromatic N) is 2. The van der Waals surface area contributed by atoms with Gasteiger partial charge in [0.05, 0.1) is 21.9 Å². The predicted octanol–water partition coefficient (Wildman–Crippen LogP) is 2.37. The van der Waals surface area contributed by atoms with Gasteiger partial charge >= 0.3 is 5.97 Å². The molecular formula is C24H24N2O6S. The molecule has 0 N–H and O–H groups in total. The van der Waals surface area contributed by atoms with Crippen LogP contribution in [0.15, 0.2) is 47.4 Å². The zero-order chi connectivity index (χ0) is 23.2. The molecular weight excluding hydrogens is 444 g/mol. The molecule has 3 aliphatic rings. The third kappa shape index (κ3) is 3.85. The molecule has 0 aromatic heterocycles. The van der Waals surface area contributed by atoms with Crippen molar-refractivity contribution in [3.8, 4) is 0 Å². The standard InChI is InChI=1S/C24H24N2O6S/c27-22-20-6-1-2-7-21(20)23(28)26(22)15-32-24(29)17-10-12-25(13-11-17)33(30,31)19-9-8-16-4-3-5-18(16)14-19/h1-2,6-9,14,17H,3-5,10-13,15H2. The van der Waals surface area contributed by atoms with Gasteiger partial charge < -0.3 is 4.74 Å². The number of benzene rings is 2. The van der Waals surface area contributed by atoms with Crippen LogP contribution in [0.1, 0.15) is 51.1 Å². The second-order valence-corrected chi connectivity index (χ2v) is 10.6. The number of imide groups is 1. The van der Waals surface area contributed by atoms with Crippen LogP contribution >= 0.6 is 0 Å². The third-order valence-electron chi connectivity index (χ3n) is 6.71. The molecule has 33 heavy (non-hydrogen) atoms. The van der Waals surface area contributed by atoms with Crippen molar-refractivity contribution in [1.29, 1.82) is 0 Å². The van der Waals surface area contributed by atoms with Gasteiger partial charge in [-0.1, -0.05) is 18.2 Å². The molecule has 8 nitrogen and oxygen atoms in total. The molecule has 2 aromatic rings. The van der Waals surface area contributed by atoms with Gasteiger partial charge in [0.15, 0.2) is 6.73 Å². The second-order valence-electron chi connectivity index (χ2n) is 8.64. The predicted molar refractivity (Wildman–Crippen MR) is 118 cm³/mol. The van der Waals surface area contributed by atoms with E-state index in [1.165, 1.54) is 9.87 Å². The van der Waals surface area contributed by atoms with Crippen molar-refractivity contribution in [1.82, 2.24) is 9.21 Å². The second kappa shape index (κ2) is 8.39. The number of sulfonamides is 1. The summed E-state index contributed by atoms with van der Waals surface area (Å²) in [5.41, 5.74) is 2.91. The molecule has 0 spiro atoms. The summed E-state index contributed by atoms with van der Waals surface area (Å²) in [6.07, 6.45) is 3.59. The van der Waals surface area contributed by atoms with E-state index in [2.05, 4.69) is 0 Å². The van der Waals surface area contributed by atoms with Crippen molar-refractivity contribution in [2.24, 2.45) is 5.92 Å². The van der Waals surface area contributed by atoms with Gasteiger partial charge in [0.2, 0.25) is 10.0 Å². The molecule has 1 aliphatic carbocycles. The Kier molecular flexibility index (Phi) is 5.54. The van der Waals surface area contributed by atoms with Gasteiger partial charge in [0.1, 0.15) is 0 Å². The summed E-state index contributed by atoms with van der Waals surface area (Å²) in [5, 5.41) is 0. The minimum atomic E-state index is -3.62. The Morgan fingerprint density at radius 3 is 2.24 bits per heavy atom. The molecule has 1 fully saturated rings. The van der Waals surface area contributed by atoms with Crippen LogP contribution in [0.5, 0.6) is 0 Å².